The first-order chi connectivity index (χ1) is 14.0. The van der Waals surface area contributed by atoms with Gasteiger partial charge in [-0.25, -0.2) is 4.98 Å². The highest BCUT2D eigenvalue weighted by Crippen LogP contribution is 2.33. The SMILES string of the molecule is CCN(CC)CCN(C(=O)c1nnc2n1CCC2)c1nc2cc(C)cc(C)c2s1. The number of aryl methyl sites for hydroxylation is 3. The van der Waals surface area contributed by atoms with Gasteiger partial charge in [0.15, 0.2) is 5.13 Å². The summed E-state index contributed by atoms with van der Waals surface area (Å²) in [6.07, 6.45) is 1.91. The van der Waals surface area contributed by atoms with Gasteiger partial charge in [-0.05, 0) is 50.6 Å². The van der Waals surface area contributed by atoms with Gasteiger partial charge in [-0.3, -0.25) is 9.69 Å². The van der Waals surface area contributed by atoms with E-state index in [9.17, 15) is 4.79 Å². The van der Waals surface area contributed by atoms with Gasteiger partial charge in [0, 0.05) is 26.1 Å². The molecule has 0 aliphatic carbocycles. The zero-order valence-electron chi connectivity index (χ0n) is 17.6. The number of fused-ring (bicyclic) bond motifs is 2. The second-order valence-corrected chi connectivity index (χ2v) is 8.58. The molecule has 8 heteroatoms. The molecule has 0 saturated carbocycles. The van der Waals surface area contributed by atoms with Crippen molar-refractivity contribution in [3.8, 4) is 0 Å². The molecule has 0 unspecified atom stereocenters. The van der Waals surface area contributed by atoms with Gasteiger partial charge in [-0.1, -0.05) is 31.3 Å². The topological polar surface area (TPSA) is 67.2 Å². The second kappa shape index (κ2) is 8.20. The molecular formula is C21H28N6OS. The van der Waals surface area contributed by atoms with E-state index in [2.05, 4.69) is 54.9 Å². The van der Waals surface area contributed by atoms with Gasteiger partial charge in [0.25, 0.3) is 5.91 Å². The molecule has 1 aromatic carbocycles. The molecule has 154 valence electrons. The highest BCUT2D eigenvalue weighted by Gasteiger charge is 2.29. The Kier molecular flexibility index (Phi) is 5.65. The first kappa shape index (κ1) is 20.0. The Bertz CT molecular complexity index is 1040. The Hall–Kier alpha value is -2.32. The molecule has 7 nitrogen and oxygen atoms in total. The summed E-state index contributed by atoms with van der Waals surface area (Å²) in [7, 11) is 0. The van der Waals surface area contributed by atoms with Gasteiger partial charge >= 0.3 is 0 Å². The lowest BCUT2D eigenvalue weighted by atomic mass is 10.1. The molecule has 3 aromatic rings. The summed E-state index contributed by atoms with van der Waals surface area (Å²) in [6, 6.07) is 4.25. The number of aromatic nitrogens is 4. The van der Waals surface area contributed by atoms with E-state index in [1.807, 2.05) is 4.57 Å². The minimum Gasteiger partial charge on any atom is -0.307 e. The van der Waals surface area contributed by atoms with Crippen LogP contribution in [-0.4, -0.2) is 56.7 Å². The highest BCUT2D eigenvalue weighted by molar-refractivity contribution is 7.22. The van der Waals surface area contributed by atoms with Crippen LogP contribution in [0.2, 0.25) is 0 Å². The first-order valence-corrected chi connectivity index (χ1v) is 11.2. The van der Waals surface area contributed by atoms with Gasteiger partial charge in [0.05, 0.1) is 10.2 Å². The first-order valence-electron chi connectivity index (χ1n) is 10.4. The maximum Gasteiger partial charge on any atom is 0.298 e. The van der Waals surface area contributed by atoms with Crippen LogP contribution in [0.5, 0.6) is 0 Å². The molecule has 4 rings (SSSR count). The van der Waals surface area contributed by atoms with Gasteiger partial charge in [-0.2, -0.15) is 0 Å². The molecule has 2 aromatic heterocycles. The third-order valence-electron chi connectivity index (χ3n) is 5.62. The molecule has 0 bridgehead atoms. The average molecular weight is 413 g/mol. The van der Waals surface area contributed by atoms with E-state index in [0.717, 1.165) is 60.2 Å². The van der Waals surface area contributed by atoms with Crippen LogP contribution in [0.3, 0.4) is 0 Å². The Morgan fingerprint density at radius 3 is 2.72 bits per heavy atom. The molecule has 29 heavy (non-hydrogen) atoms. The standard InChI is InChI=1S/C21H28N6OS/c1-5-25(6-2)10-11-27(20(28)19-24-23-17-8-7-9-26(17)19)21-22-16-13-14(3)12-15(4)18(16)29-21/h12-13H,5-11H2,1-4H3. The third-order valence-corrected chi connectivity index (χ3v) is 6.85. The van der Waals surface area contributed by atoms with Crippen molar-refractivity contribution < 1.29 is 4.79 Å². The Morgan fingerprint density at radius 2 is 1.97 bits per heavy atom. The number of thiazole rings is 1. The zero-order chi connectivity index (χ0) is 20.5. The second-order valence-electron chi connectivity index (χ2n) is 7.61. The molecule has 0 radical (unpaired) electrons. The van der Waals surface area contributed by atoms with E-state index in [1.165, 1.54) is 11.1 Å². The average Bonchev–Trinajstić information content (AvgIpc) is 3.40. The lowest BCUT2D eigenvalue weighted by Crippen LogP contribution is -2.40. The van der Waals surface area contributed by atoms with Gasteiger partial charge in [0.2, 0.25) is 5.82 Å². The molecule has 0 saturated heterocycles. The summed E-state index contributed by atoms with van der Waals surface area (Å²) in [6.45, 7) is 12.6. The number of carbonyl (C=O) groups is 1. The molecule has 1 amide bonds. The molecule has 3 heterocycles. The quantitative estimate of drug-likeness (QED) is 0.595. The lowest BCUT2D eigenvalue weighted by molar-refractivity contribution is 0.0969. The predicted molar refractivity (Wildman–Crippen MR) is 117 cm³/mol. The van der Waals surface area contributed by atoms with E-state index in [1.54, 1.807) is 16.2 Å². The predicted octanol–water partition coefficient (Wildman–Crippen LogP) is 3.44. The monoisotopic (exact) mass is 412 g/mol. The number of amides is 1. The number of carbonyl (C=O) groups excluding carboxylic acids is 1. The van der Waals surface area contributed by atoms with Crippen molar-refractivity contribution in [3.05, 3.63) is 34.9 Å². The fourth-order valence-electron chi connectivity index (χ4n) is 3.98. The maximum absolute atomic E-state index is 13.5. The van der Waals surface area contributed by atoms with Crippen LogP contribution in [0.4, 0.5) is 5.13 Å². The van der Waals surface area contributed by atoms with E-state index in [0.29, 0.717) is 12.4 Å². The Balaban J connectivity index is 1.71. The smallest absolute Gasteiger partial charge is 0.298 e. The van der Waals surface area contributed by atoms with Crippen molar-refractivity contribution in [2.24, 2.45) is 0 Å². The van der Waals surface area contributed by atoms with Crippen LogP contribution >= 0.6 is 11.3 Å². The Labute approximate surface area is 175 Å². The van der Waals surface area contributed by atoms with E-state index in [-0.39, 0.29) is 5.91 Å². The summed E-state index contributed by atoms with van der Waals surface area (Å²) in [5, 5.41) is 9.19. The van der Waals surface area contributed by atoms with Gasteiger partial charge in [-0.15, -0.1) is 10.2 Å². The van der Waals surface area contributed by atoms with Crippen LogP contribution in [-0.2, 0) is 13.0 Å². The number of anilines is 1. The van der Waals surface area contributed by atoms with Crippen LogP contribution in [0.1, 0.15) is 47.8 Å². The number of benzene rings is 1. The number of nitrogens with zero attached hydrogens (tertiary/aromatic N) is 6. The molecule has 0 atom stereocenters. The summed E-state index contributed by atoms with van der Waals surface area (Å²) in [5.41, 5.74) is 3.33. The minimum atomic E-state index is -0.105. The maximum atomic E-state index is 13.5. The summed E-state index contributed by atoms with van der Waals surface area (Å²) < 4.78 is 3.10. The third kappa shape index (κ3) is 3.79. The number of hydrogen-bond acceptors (Lipinski definition) is 6. The summed E-state index contributed by atoms with van der Waals surface area (Å²) >= 11 is 1.58. The molecule has 1 aliphatic heterocycles. The number of likely N-dealkylation sites (N-methyl/N-ethyl adjacent to an activating group) is 1. The van der Waals surface area contributed by atoms with Gasteiger partial charge in [0.1, 0.15) is 5.82 Å². The number of hydrogen-bond donors (Lipinski definition) is 0. The van der Waals surface area contributed by atoms with E-state index >= 15 is 0 Å². The number of rotatable bonds is 7. The van der Waals surface area contributed by atoms with E-state index < -0.39 is 0 Å². The fraction of sp³-hybridized carbons (Fsp3) is 0.524. The van der Waals surface area contributed by atoms with Crippen LogP contribution < -0.4 is 4.90 Å². The van der Waals surface area contributed by atoms with Crippen LogP contribution in [0, 0.1) is 13.8 Å². The van der Waals surface area contributed by atoms with Crippen molar-refractivity contribution in [1.82, 2.24) is 24.6 Å². The molecule has 0 spiro atoms. The van der Waals surface area contributed by atoms with Crippen molar-refractivity contribution in [1.29, 1.82) is 0 Å². The minimum absolute atomic E-state index is 0.105. The fourth-order valence-corrected chi connectivity index (χ4v) is 5.02. The van der Waals surface area contributed by atoms with Crippen molar-refractivity contribution >= 4 is 32.6 Å². The van der Waals surface area contributed by atoms with Gasteiger partial charge < -0.3 is 9.47 Å². The Morgan fingerprint density at radius 1 is 1.17 bits per heavy atom. The van der Waals surface area contributed by atoms with Crippen molar-refractivity contribution in [2.45, 2.75) is 47.1 Å². The highest BCUT2D eigenvalue weighted by atomic mass is 32.1. The van der Waals surface area contributed by atoms with Crippen molar-refractivity contribution in [3.63, 3.8) is 0 Å². The normalized spacial score (nSPS) is 13.4. The largest absolute Gasteiger partial charge is 0.307 e. The van der Waals surface area contributed by atoms with E-state index in [4.69, 9.17) is 4.98 Å². The van der Waals surface area contributed by atoms with Crippen LogP contribution in [0.25, 0.3) is 10.2 Å². The lowest BCUT2D eigenvalue weighted by Gasteiger charge is -2.24. The summed E-state index contributed by atoms with van der Waals surface area (Å²) in [4.78, 5) is 22.5. The molecule has 0 fully saturated rings. The molecule has 1 aliphatic rings. The van der Waals surface area contributed by atoms with Crippen molar-refractivity contribution in [2.75, 3.05) is 31.1 Å². The zero-order valence-corrected chi connectivity index (χ0v) is 18.4. The molecule has 0 N–H and O–H groups in total. The molecular weight excluding hydrogens is 384 g/mol. The van der Waals surface area contributed by atoms with Crippen LogP contribution in [0.15, 0.2) is 12.1 Å². The summed E-state index contributed by atoms with van der Waals surface area (Å²) in [5.74, 6) is 1.24.